The zero-order chi connectivity index (χ0) is 27.7. The van der Waals surface area contributed by atoms with Crippen molar-refractivity contribution in [1.82, 2.24) is 24.9 Å². The summed E-state index contributed by atoms with van der Waals surface area (Å²) in [6.45, 7) is 4.94. The van der Waals surface area contributed by atoms with Gasteiger partial charge in [0.1, 0.15) is 15.7 Å². The van der Waals surface area contributed by atoms with Gasteiger partial charge < -0.3 is 4.90 Å². The van der Waals surface area contributed by atoms with Gasteiger partial charge in [0, 0.05) is 43.1 Å². The maximum Gasteiger partial charge on any atom is 0.416 e. The molecule has 8 nitrogen and oxygen atoms in total. The predicted molar refractivity (Wildman–Crippen MR) is 146 cm³/mol. The molecule has 1 amide bonds. The van der Waals surface area contributed by atoms with Gasteiger partial charge in [-0.1, -0.05) is 23.7 Å². The number of hydrogen-bond acceptors (Lipinski definition) is 6. The summed E-state index contributed by atoms with van der Waals surface area (Å²) in [4.78, 5) is 21.5. The van der Waals surface area contributed by atoms with Gasteiger partial charge in [0.25, 0.3) is 5.91 Å². The molecule has 0 aliphatic carbocycles. The van der Waals surface area contributed by atoms with E-state index in [0.717, 1.165) is 38.8 Å². The Bertz CT molecular complexity index is 1490. The molecule has 206 valence electrons. The van der Waals surface area contributed by atoms with Gasteiger partial charge in [-0.15, -0.1) is 0 Å². The number of piperazine rings is 1. The van der Waals surface area contributed by atoms with Crippen molar-refractivity contribution in [2.75, 3.05) is 46.3 Å². The third-order valence-corrected chi connectivity index (χ3v) is 8.27. The summed E-state index contributed by atoms with van der Waals surface area (Å²) >= 11 is 5.79. The summed E-state index contributed by atoms with van der Waals surface area (Å²) < 4.78 is 54.9. The molecule has 2 aromatic carbocycles. The largest absolute Gasteiger partial charge is 0.416 e. The van der Waals surface area contributed by atoms with Crippen LogP contribution in [-0.2, 0) is 28.3 Å². The monoisotopic (exact) mass is 578 g/mol. The normalized spacial score (nSPS) is 21.4. The lowest BCUT2D eigenvalue weighted by Gasteiger charge is -2.31. The van der Waals surface area contributed by atoms with Gasteiger partial charge in [-0.25, -0.2) is 4.21 Å². The quantitative estimate of drug-likeness (QED) is 0.452. The lowest BCUT2D eigenvalue weighted by molar-refractivity contribution is -0.138. The van der Waals surface area contributed by atoms with Crippen LogP contribution in [0.5, 0.6) is 0 Å². The van der Waals surface area contributed by atoms with Crippen molar-refractivity contribution in [2.24, 2.45) is 4.99 Å². The van der Waals surface area contributed by atoms with Crippen molar-refractivity contribution in [1.29, 1.82) is 0 Å². The Hall–Kier alpha value is -3.06. The summed E-state index contributed by atoms with van der Waals surface area (Å²) in [7, 11) is 0.360. The van der Waals surface area contributed by atoms with Gasteiger partial charge in [0.2, 0.25) is 0 Å². The van der Waals surface area contributed by atoms with Crippen molar-refractivity contribution in [3.8, 4) is 0 Å². The third kappa shape index (κ3) is 6.24. The fourth-order valence-corrected chi connectivity index (χ4v) is 5.80. The highest BCUT2D eigenvalue weighted by Gasteiger charge is 2.34. The SMILES string of the molecule is CN1CCN(CCN=C2NC(=O)C(=Cc3ccc4c(cnn4Cc4ccc(Cl)cc4C(F)(F)F)c3)S2=O)CC1. The second-order valence-electron chi connectivity index (χ2n) is 9.48. The highest BCUT2D eigenvalue weighted by atomic mass is 35.5. The Morgan fingerprint density at radius 1 is 1.15 bits per heavy atom. The number of hydrogen-bond donors (Lipinski definition) is 1. The van der Waals surface area contributed by atoms with Crippen LogP contribution in [0.15, 0.2) is 52.5 Å². The molecule has 2 fully saturated rings. The number of halogens is 4. The van der Waals surface area contributed by atoms with Crippen molar-refractivity contribution < 1.29 is 22.2 Å². The maximum atomic E-state index is 13.5. The molecule has 1 unspecified atom stereocenters. The van der Waals surface area contributed by atoms with Crippen LogP contribution in [0.4, 0.5) is 13.2 Å². The lowest BCUT2D eigenvalue weighted by Crippen LogP contribution is -2.45. The zero-order valence-electron chi connectivity index (χ0n) is 21.0. The Labute approximate surface area is 230 Å². The van der Waals surface area contributed by atoms with E-state index in [2.05, 4.69) is 32.3 Å². The molecule has 3 aromatic rings. The highest BCUT2D eigenvalue weighted by Crippen LogP contribution is 2.34. The summed E-state index contributed by atoms with van der Waals surface area (Å²) in [6, 6.07) is 8.81. The molecular formula is C26H26ClF3N6O2S. The molecule has 39 heavy (non-hydrogen) atoms. The van der Waals surface area contributed by atoms with Crippen LogP contribution in [0.25, 0.3) is 17.0 Å². The molecule has 0 radical (unpaired) electrons. The van der Waals surface area contributed by atoms with E-state index in [1.807, 2.05) is 0 Å². The van der Waals surface area contributed by atoms with E-state index in [0.29, 0.717) is 23.0 Å². The average Bonchev–Trinajstić information content (AvgIpc) is 3.41. The molecular weight excluding hydrogens is 553 g/mol. The summed E-state index contributed by atoms with van der Waals surface area (Å²) in [6.07, 6.45) is -1.48. The number of likely N-dealkylation sites (N-methyl/N-ethyl adjacent to an activating group) is 1. The van der Waals surface area contributed by atoms with E-state index in [1.165, 1.54) is 29.1 Å². The van der Waals surface area contributed by atoms with Gasteiger partial charge in [0.05, 0.1) is 30.4 Å². The van der Waals surface area contributed by atoms with Gasteiger partial charge in [-0.3, -0.25) is 24.7 Å². The van der Waals surface area contributed by atoms with Crippen LogP contribution in [0.1, 0.15) is 16.7 Å². The molecule has 3 heterocycles. The first-order valence-corrected chi connectivity index (χ1v) is 13.8. The number of aliphatic imine (C=N–C) groups is 1. The topological polar surface area (TPSA) is 82.8 Å². The minimum Gasteiger partial charge on any atom is -0.304 e. The van der Waals surface area contributed by atoms with Crippen molar-refractivity contribution >= 4 is 50.5 Å². The number of carbonyl (C=O) groups is 1. The van der Waals surface area contributed by atoms with Crippen LogP contribution in [0.2, 0.25) is 5.02 Å². The molecule has 2 aliphatic heterocycles. The van der Waals surface area contributed by atoms with Crippen molar-refractivity contribution in [3.63, 3.8) is 0 Å². The molecule has 0 saturated carbocycles. The van der Waals surface area contributed by atoms with E-state index in [-0.39, 0.29) is 27.2 Å². The molecule has 0 spiro atoms. The van der Waals surface area contributed by atoms with Gasteiger partial charge in [-0.2, -0.15) is 18.3 Å². The van der Waals surface area contributed by atoms with Crippen molar-refractivity contribution in [3.05, 3.63) is 69.2 Å². The predicted octanol–water partition coefficient (Wildman–Crippen LogP) is 3.58. The molecule has 1 atom stereocenters. The van der Waals surface area contributed by atoms with Gasteiger partial charge in [-0.05, 0) is 48.5 Å². The standard InChI is InChI=1S/C26H26ClF3N6O2S/c1-34-8-10-35(11-9-34)7-6-31-25-33-24(37)23(39(25)38)13-17-2-5-22-19(12-17)15-32-36(22)16-18-3-4-20(27)14-21(18)26(28,29)30/h2-5,12-15H,6-11,16H2,1H3,(H,31,33,37). The van der Waals surface area contributed by atoms with Gasteiger partial charge >= 0.3 is 6.18 Å². The molecule has 0 bridgehead atoms. The molecule has 2 saturated heterocycles. The van der Waals surface area contributed by atoms with E-state index >= 15 is 0 Å². The van der Waals surface area contributed by atoms with E-state index in [4.69, 9.17) is 11.6 Å². The number of carbonyl (C=O) groups excluding carboxylic acids is 1. The summed E-state index contributed by atoms with van der Waals surface area (Å²) in [5.74, 6) is -0.468. The van der Waals surface area contributed by atoms with Gasteiger partial charge in [0.15, 0.2) is 5.17 Å². The van der Waals surface area contributed by atoms with Crippen LogP contribution in [0, 0.1) is 0 Å². The number of nitrogens with zero attached hydrogens (tertiary/aromatic N) is 5. The number of fused-ring (bicyclic) bond motifs is 1. The zero-order valence-corrected chi connectivity index (χ0v) is 22.6. The number of amidine groups is 1. The third-order valence-electron chi connectivity index (χ3n) is 6.75. The van der Waals surface area contributed by atoms with Crippen LogP contribution < -0.4 is 5.32 Å². The number of rotatable bonds is 6. The summed E-state index contributed by atoms with van der Waals surface area (Å²) in [5, 5.41) is 7.68. The molecule has 13 heteroatoms. The number of nitrogens with one attached hydrogen (secondary N) is 1. The highest BCUT2D eigenvalue weighted by molar-refractivity contribution is 8.05. The van der Waals surface area contributed by atoms with E-state index < -0.39 is 28.4 Å². The fourth-order valence-electron chi connectivity index (χ4n) is 4.56. The minimum atomic E-state index is -4.55. The van der Waals surface area contributed by atoms with Crippen LogP contribution >= 0.6 is 11.6 Å². The summed E-state index contributed by atoms with van der Waals surface area (Å²) in [5.41, 5.74) is 0.460. The molecule has 2 aliphatic rings. The van der Waals surface area contributed by atoms with Crippen molar-refractivity contribution in [2.45, 2.75) is 12.7 Å². The first-order valence-electron chi connectivity index (χ1n) is 12.3. The Morgan fingerprint density at radius 3 is 2.67 bits per heavy atom. The minimum absolute atomic E-state index is 0.00523. The number of amides is 1. The fraction of sp³-hybridized carbons (Fsp3) is 0.346. The van der Waals surface area contributed by atoms with Crippen LogP contribution in [0.3, 0.4) is 0 Å². The molecule has 1 N–H and O–H groups in total. The number of benzene rings is 2. The van der Waals surface area contributed by atoms with E-state index in [9.17, 15) is 22.2 Å². The smallest absolute Gasteiger partial charge is 0.304 e. The maximum absolute atomic E-state index is 13.5. The first-order chi connectivity index (χ1) is 18.6. The Morgan fingerprint density at radius 2 is 1.92 bits per heavy atom. The second-order valence-corrected chi connectivity index (χ2v) is 11.3. The molecule has 1 aromatic heterocycles. The van der Waals surface area contributed by atoms with E-state index in [1.54, 1.807) is 18.2 Å². The first kappa shape index (κ1) is 27.5. The number of alkyl halides is 3. The second kappa shape index (κ2) is 11.2. The Balaban J connectivity index is 1.30. The average molecular weight is 579 g/mol. The Kier molecular flexibility index (Phi) is 7.90. The van der Waals surface area contributed by atoms with Crippen LogP contribution in [-0.4, -0.2) is 81.2 Å². The molecule has 5 rings (SSSR count). The lowest BCUT2D eigenvalue weighted by atomic mass is 10.1. The number of aromatic nitrogens is 2.